The molecule has 26 heavy (non-hydrogen) atoms. The molecule has 0 aromatic heterocycles. The minimum absolute atomic E-state index is 0.114. The largest absolute Gasteiger partial charge is 0.376 e. The van der Waals surface area contributed by atoms with Crippen molar-refractivity contribution in [1.82, 2.24) is 10.2 Å². The first-order chi connectivity index (χ1) is 12.7. The molecule has 0 radical (unpaired) electrons. The first-order valence-electron chi connectivity index (χ1n) is 9.16. The maximum Gasteiger partial charge on any atom is 0.251 e. The van der Waals surface area contributed by atoms with Gasteiger partial charge in [-0.3, -0.25) is 9.59 Å². The Labute approximate surface area is 154 Å². The average molecular weight is 351 g/mol. The van der Waals surface area contributed by atoms with Gasteiger partial charge in [0, 0.05) is 30.9 Å². The van der Waals surface area contributed by atoms with Crippen LogP contribution in [-0.2, 0) is 11.3 Å². The summed E-state index contributed by atoms with van der Waals surface area (Å²) >= 11 is 0. The SMILES string of the molecule is O=C(NCc1ccccc1)c1cccc(NCC(=O)N2CCCCC2)c1. The van der Waals surface area contributed by atoms with Crippen LogP contribution in [0.2, 0.25) is 0 Å². The molecular formula is C21H25N3O2. The molecule has 1 fully saturated rings. The van der Waals surface area contributed by atoms with Crippen molar-refractivity contribution in [3.05, 3.63) is 65.7 Å². The Bertz CT molecular complexity index is 740. The lowest BCUT2D eigenvalue weighted by Crippen LogP contribution is -2.39. The molecule has 0 unspecified atom stereocenters. The van der Waals surface area contributed by atoms with Crippen LogP contribution < -0.4 is 10.6 Å². The fourth-order valence-electron chi connectivity index (χ4n) is 3.08. The highest BCUT2D eigenvalue weighted by molar-refractivity contribution is 5.95. The number of carbonyl (C=O) groups excluding carboxylic acids is 2. The maximum absolute atomic E-state index is 12.3. The zero-order chi connectivity index (χ0) is 18.2. The summed E-state index contributed by atoms with van der Waals surface area (Å²) in [5, 5.41) is 6.06. The van der Waals surface area contributed by atoms with Crippen molar-refractivity contribution in [2.75, 3.05) is 25.0 Å². The van der Waals surface area contributed by atoms with E-state index < -0.39 is 0 Å². The second-order valence-corrected chi connectivity index (χ2v) is 6.54. The molecule has 136 valence electrons. The van der Waals surface area contributed by atoms with Crippen molar-refractivity contribution in [3.63, 3.8) is 0 Å². The molecule has 1 heterocycles. The first-order valence-corrected chi connectivity index (χ1v) is 9.16. The highest BCUT2D eigenvalue weighted by Gasteiger charge is 2.16. The molecule has 0 spiro atoms. The molecule has 3 rings (SSSR count). The molecule has 0 aliphatic carbocycles. The van der Waals surface area contributed by atoms with E-state index in [0.717, 1.165) is 37.2 Å². The van der Waals surface area contributed by atoms with E-state index in [2.05, 4.69) is 10.6 Å². The molecule has 1 saturated heterocycles. The number of anilines is 1. The number of amides is 2. The summed E-state index contributed by atoms with van der Waals surface area (Å²) in [4.78, 5) is 26.5. The minimum Gasteiger partial charge on any atom is -0.376 e. The van der Waals surface area contributed by atoms with Crippen molar-refractivity contribution in [1.29, 1.82) is 0 Å². The number of hydrogen-bond acceptors (Lipinski definition) is 3. The smallest absolute Gasteiger partial charge is 0.251 e. The number of rotatable bonds is 6. The summed E-state index contributed by atoms with van der Waals surface area (Å²) in [5.41, 5.74) is 2.42. The van der Waals surface area contributed by atoms with E-state index in [9.17, 15) is 9.59 Å². The standard InChI is InChI=1S/C21H25N3O2/c25-20(24-12-5-2-6-13-24)16-22-19-11-7-10-18(14-19)21(26)23-15-17-8-3-1-4-9-17/h1,3-4,7-11,14,22H,2,5-6,12-13,15-16H2,(H,23,26). The van der Waals surface area contributed by atoms with Gasteiger partial charge in [-0.1, -0.05) is 36.4 Å². The molecule has 0 atom stereocenters. The van der Waals surface area contributed by atoms with Crippen molar-refractivity contribution >= 4 is 17.5 Å². The van der Waals surface area contributed by atoms with Crippen molar-refractivity contribution < 1.29 is 9.59 Å². The topological polar surface area (TPSA) is 61.4 Å². The molecule has 2 N–H and O–H groups in total. The lowest BCUT2D eigenvalue weighted by atomic mass is 10.1. The van der Waals surface area contributed by atoms with Gasteiger partial charge in [-0.2, -0.15) is 0 Å². The van der Waals surface area contributed by atoms with Crippen LogP contribution in [0.15, 0.2) is 54.6 Å². The third-order valence-corrected chi connectivity index (χ3v) is 4.57. The molecule has 5 heteroatoms. The van der Waals surface area contributed by atoms with Gasteiger partial charge in [0.25, 0.3) is 5.91 Å². The second-order valence-electron chi connectivity index (χ2n) is 6.54. The van der Waals surface area contributed by atoms with Crippen LogP contribution in [0.3, 0.4) is 0 Å². The zero-order valence-electron chi connectivity index (χ0n) is 14.9. The van der Waals surface area contributed by atoms with Gasteiger partial charge in [0.1, 0.15) is 0 Å². The molecule has 1 aliphatic rings. The van der Waals surface area contributed by atoms with Crippen molar-refractivity contribution in [2.45, 2.75) is 25.8 Å². The van der Waals surface area contributed by atoms with E-state index in [1.807, 2.05) is 47.4 Å². The normalized spacial score (nSPS) is 13.9. The maximum atomic E-state index is 12.3. The van der Waals surface area contributed by atoms with Gasteiger partial charge in [0.05, 0.1) is 6.54 Å². The van der Waals surface area contributed by atoms with Gasteiger partial charge in [-0.15, -0.1) is 0 Å². The van der Waals surface area contributed by atoms with E-state index in [4.69, 9.17) is 0 Å². The van der Waals surface area contributed by atoms with Crippen LogP contribution in [-0.4, -0.2) is 36.3 Å². The van der Waals surface area contributed by atoms with E-state index in [1.54, 1.807) is 12.1 Å². The average Bonchev–Trinajstić information content (AvgIpc) is 2.72. The molecule has 1 aliphatic heterocycles. The van der Waals surface area contributed by atoms with Crippen molar-refractivity contribution in [3.8, 4) is 0 Å². The highest BCUT2D eigenvalue weighted by atomic mass is 16.2. The summed E-state index contributed by atoms with van der Waals surface area (Å²) in [6, 6.07) is 17.1. The van der Waals surface area contributed by atoms with Crippen LogP contribution in [0.5, 0.6) is 0 Å². The number of nitrogens with one attached hydrogen (secondary N) is 2. The molecule has 2 aromatic rings. The van der Waals surface area contributed by atoms with Gasteiger partial charge in [0.2, 0.25) is 5.91 Å². The second kappa shape index (κ2) is 9.04. The Morgan fingerprint density at radius 3 is 2.46 bits per heavy atom. The predicted molar refractivity (Wildman–Crippen MR) is 103 cm³/mol. The Kier molecular flexibility index (Phi) is 6.25. The Balaban J connectivity index is 1.52. The third kappa shape index (κ3) is 5.09. The number of likely N-dealkylation sites (tertiary alicyclic amines) is 1. The number of benzene rings is 2. The highest BCUT2D eigenvalue weighted by Crippen LogP contribution is 2.12. The number of carbonyl (C=O) groups is 2. The molecule has 2 amide bonds. The summed E-state index contributed by atoms with van der Waals surface area (Å²) in [6.07, 6.45) is 3.38. The number of piperidine rings is 1. The Morgan fingerprint density at radius 1 is 0.923 bits per heavy atom. The van der Waals surface area contributed by atoms with Crippen LogP contribution >= 0.6 is 0 Å². The van der Waals surface area contributed by atoms with E-state index in [0.29, 0.717) is 12.1 Å². The minimum atomic E-state index is -0.125. The van der Waals surface area contributed by atoms with Crippen LogP contribution in [0, 0.1) is 0 Å². The molecule has 0 bridgehead atoms. The third-order valence-electron chi connectivity index (χ3n) is 4.57. The lowest BCUT2D eigenvalue weighted by molar-refractivity contribution is -0.130. The van der Waals surface area contributed by atoms with Gasteiger partial charge in [0.15, 0.2) is 0 Å². The van der Waals surface area contributed by atoms with Crippen LogP contribution in [0.4, 0.5) is 5.69 Å². The van der Waals surface area contributed by atoms with Crippen LogP contribution in [0.1, 0.15) is 35.2 Å². The van der Waals surface area contributed by atoms with Crippen molar-refractivity contribution in [2.24, 2.45) is 0 Å². The molecule has 5 nitrogen and oxygen atoms in total. The first kappa shape index (κ1) is 18.0. The fourth-order valence-corrected chi connectivity index (χ4v) is 3.08. The predicted octanol–water partition coefficient (Wildman–Crippen LogP) is 3.04. The number of nitrogens with zero attached hydrogens (tertiary/aromatic N) is 1. The fraction of sp³-hybridized carbons (Fsp3) is 0.333. The Hall–Kier alpha value is -2.82. The van der Waals surface area contributed by atoms with Gasteiger partial charge >= 0.3 is 0 Å². The zero-order valence-corrected chi connectivity index (χ0v) is 14.9. The summed E-state index contributed by atoms with van der Waals surface area (Å²) in [7, 11) is 0. The van der Waals surface area contributed by atoms with E-state index in [1.165, 1.54) is 6.42 Å². The monoisotopic (exact) mass is 351 g/mol. The van der Waals surface area contributed by atoms with Crippen LogP contribution in [0.25, 0.3) is 0 Å². The summed E-state index contributed by atoms with van der Waals surface area (Å²) in [6.45, 7) is 2.45. The summed E-state index contributed by atoms with van der Waals surface area (Å²) in [5.74, 6) is -0.0107. The molecular weight excluding hydrogens is 326 g/mol. The van der Waals surface area contributed by atoms with Gasteiger partial charge in [-0.05, 0) is 43.0 Å². The molecule has 2 aromatic carbocycles. The van der Waals surface area contributed by atoms with Gasteiger partial charge < -0.3 is 15.5 Å². The summed E-state index contributed by atoms with van der Waals surface area (Å²) < 4.78 is 0. The lowest BCUT2D eigenvalue weighted by Gasteiger charge is -2.26. The number of hydrogen-bond donors (Lipinski definition) is 2. The Morgan fingerprint density at radius 2 is 1.69 bits per heavy atom. The van der Waals surface area contributed by atoms with Gasteiger partial charge in [-0.25, -0.2) is 0 Å². The quantitative estimate of drug-likeness (QED) is 0.841. The van der Waals surface area contributed by atoms with E-state index in [-0.39, 0.29) is 18.4 Å². The molecule has 0 saturated carbocycles. The van der Waals surface area contributed by atoms with E-state index >= 15 is 0 Å².